The maximum atomic E-state index is 15.1. The summed E-state index contributed by atoms with van der Waals surface area (Å²) < 4.78 is 41.1. The van der Waals surface area contributed by atoms with Gasteiger partial charge in [-0.3, -0.25) is 14.7 Å². The number of likely N-dealkylation sites (tertiary alicyclic amines) is 1. The van der Waals surface area contributed by atoms with Crippen molar-refractivity contribution in [3.8, 4) is 16.9 Å². The van der Waals surface area contributed by atoms with E-state index in [4.69, 9.17) is 9.47 Å². The topological polar surface area (TPSA) is 72.0 Å². The first-order chi connectivity index (χ1) is 17.8. The van der Waals surface area contributed by atoms with E-state index < -0.39 is 29.1 Å². The van der Waals surface area contributed by atoms with Gasteiger partial charge < -0.3 is 14.4 Å². The lowest BCUT2D eigenvalue weighted by Crippen LogP contribution is -2.61. The van der Waals surface area contributed by atoms with Crippen LogP contribution in [0.3, 0.4) is 0 Å². The summed E-state index contributed by atoms with van der Waals surface area (Å²) in [7, 11) is 1.57. The van der Waals surface area contributed by atoms with Crippen molar-refractivity contribution in [2.24, 2.45) is 0 Å². The molecule has 0 radical (unpaired) electrons. The number of rotatable bonds is 5. The van der Waals surface area contributed by atoms with Crippen LogP contribution in [-0.4, -0.2) is 65.0 Å². The van der Waals surface area contributed by atoms with Crippen molar-refractivity contribution in [1.29, 1.82) is 0 Å². The first-order valence-electron chi connectivity index (χ1n) is 12.5. The molecule has 0 N–H and O–H groups in total. The van der Waals surface area contributed by atoms with Gasteiger partial charge in [-0.05, 0) is 48.2 Å². The zero-order valence-corrected chi connectivity index (χ0v) is 20.5. The predicted molar refractivity (Wildman–Crippen MR) is 132 cm³/mol. The summed E-state index contributed by atoms with van der Waals surface area (Å²) in [6, 6.07) is 10.2. The van der Waals surface area contributed by atoms with Crippen LogP contribution in [-0.2, 0) is 20.9 Å². The number of amides is 1. The molecule has 3 fully saturated rings. The second-order valence-electron chi connectivity index (χ2n) is 10.2. The summed E-state index contributed by atoms with van der Waals surface area (Å²) in [6.45, 7) is 1.55. The first kappa shape index (κ1) is 23.8. The molecule has 3 aromatic rings. The van der Waals surface area contributed by atoms with Gasteiger partial charge in [0.1, 0.15) is 23.0 Å². The number of halogens is 2. The molecule has 2 saturated heterocycles. The Bertz CT molecular complexity index is 1380. The molecule has 1 saturated carbocycles. The summed E-state index contributed by atoms with van der Waals surface area (Å²) in [5, 5.41) is 0.872. The molecule has 7 nitrogen and oxygen atoms in total. The number of carbonyl (C=O) groups is 2. The van der Waals surface area contributed by atoms with Gasteiger partial charge in [0.05, 0.1) is 25.4 Å². The number of carbonyl (C=O) groups excluding carboxylic acids is 2. The Morgan fingerprint density at radius 1 is 1.05 bits per heavy atom. The number of piperidine rings is 1. The van der Waals surface area contributed by atoms with Crippen LogP contribution >= 0.6 is 0 Å². The van der Waals surface area contributed by atoms with Gasteiger partial charge in [0.15, 0.2) is 0 Å². The molecule has 3 heterocycles. The Labute approximate surface area is 213 Å². The van der Waals surface area contributed by atoms with Crippen LogP contribution in [0.4, 0.5) is 8.78 Å². The van der Waals surface area contributed by atoms with Crippen molar-refractivity contribution in [2.45, 2.75) is 43.9 Å². The lowest BCUT2D eigenvalue weighted by molar-refractivity contribution is -0.190. The highest BCUT2D eigenvalue weighted by molar-refractivity contribution is 6.33. The minimum atomic E-state index is -0.790. The number of nitrogens with zero attached hydrogens (tertiary/aromatic N) is 3. The molecule has 1 spiro atoms. The molecular weight excluding hydrogens is 480 g/mol. The van der Waals surface area contributed by atoms with Crippen molar-refractivity contribution in [3.63, 3.8) is 0 Å². The Balaban J connectivity index is 1.16. The van der Waals surface area contributed by atoms with E-state index in [1.807, 2.05) is 23.1 Å². The number of esters is 1. The highest BCUT2D eigenvalue weighted by Gasteiger charge is 2.50. The highest BCUT2D eigenvalue weighted by atomic mass is 19.1. The standard InChI is InChI=1S/C28H27F2N3O4/c1-36-21-10-18-3-2-17(13-25(18)31-14-21)19-11-23(29)22(24(30)12-19)15-32-8-6-28(7-9-32)16-33(20-4-5-20)26(34)27(35)37-28/h2-3,10-14,20H,4-9,15-16H2,1H3. The highest BCUT2D eigenvalue weighted by Crippen LogP contribution is 2.37. The third kappa shape index (κ3) is 4.52. The van der Waals surface area contributed by atoms with E-state index in [0.717, 1.165) is 18.2 Å². The van der Waals surface area contributed by atoms with E-state index in [1.54, 1.807) is 24.3 Å². The van der Waals surface area contributed by atoms with E-state index in [-0.39, 0.29) is 18.2 Å². The van der Waals surface area contributed by atoms with Crippen molar-refractivity contribution < 1.29 is 27.8 Å². The van der Waals surface area contributed by atoms with E-state index in [0.29, 0.717) is 54.9 Å². The summed E-state index contributed by atoms with van der Waals surface area (Å²) in [4.78, 5) is 32.4. The van der Waals surface area contributed by atoms with Crippen LogP contribution in [0.2, 0.25) is 0 Å². The largest absolute Gasteiger partial charge is 0.495 e. The molecule has 2 aromatic carbocycles. The van der Waals surface area contributed by atoms with Gasteiger partial charge in [-0.1, -0.05) is 12.1 Å². The monoisotopic (exact) mass is 507 g/mol. The predicted octanol–water partition coefficient (Wildman–Crippen LogP) is 4.07. The van der Waals surface area contributed by atoms with Crippen molar-refractivity contribution >= 4 is 22.8 Å². The van der Waals surface area contributed by atoms with E-state index >= 15 is 8.78 Å². The van der Waals surface area contributed by atoms with Crippen molar-refractivity contribution in [3.05, 3.63) is 59.8 Å². The average Bonchev–Trinajstić information content (AvgIpc) is 3.74. The lowest BCUT2D eigenvalue weighted by Gasteiger charge is -2.46. The number of morpholine rings is 1. The van der Waals surface area contributed by atoms with Gasteiger partial charge in [-0.2, -0.15) is 0 Å². The van der Waals surface area contributed by atoms with Crippen LogP contribution in [0.15, 0.2) is 42.6 Å². The van der Waals surface area contributed by atoms with Gasteiger partial charge in [0.25, 0.3) is 0 Å². The second kappa shape index (κ2) is 9.06. The van der Waals surface area contributed by atoms with Crippen LogP contribution in [0, 0.1) is 11.6 Å². The third-order valence-electron chi connectivity index (χ3n) is 7.71. The van der Waals surface area contributed by atoms with E-state index in [9.17, 15) is 9.59 Å². The molecule has 0 unspecified atom stereocenters. The molecule has 192 valence electrons. The molecule has 0 atom stereocenters. The average molecular weight is 508 g/mol. The molecule has 1 aromatic heterocycles. The van der Waals surface area contributed by atoms with Crippen LogP contribution in [0.5, 0.6) is 5.75 Å². The van der Waals surface area contributed by atoms with E-state index in [2.05, 4.69) is 4.98 Å². The smallest absolute Gasteiger partial charge is 0.397 e. The molecular formula is C28H27F2N3O4. The number of aromatic nitrogens is 1. The van der Waals surface area contributed by atoms with Gasteiger partial charge in [0.2, 0.25) is 0 Å². The zero-order valence-electron chi connectivity index (χ0n) is 20.5. The number of fused-ring (bicyclic) bond motifs is 1. The van der Waals surface area contributed by atoms with Gasteiger partial charge in [-0.15, -0.1) is 0 Å². The molecule has 3 aliphatic rings. The SMILES string of the molecule is COc1cnc2cc(-c3cc(F)c(CN4CCC5(CC4)CN(C4CC4)C(=O)C(=O)O5)c(F)c3)ccc2c1. The van der Waals surface area contributed by atoms with Gasteiger partial charge in [0, 0.05) is 49.5 Å². The maximum Gasteiger partial charge on any atom is 0.397 e. The number of hydrogen-bond donors (Lipinski definition) is 0. The summed E-state index contributed by atoms with van der Waals surface area (Å²) in [5.74, 6) is -1.91. The summed E-state index contributed by atoms with van der Waals surface area (Å²) in [5.41, 5.74) is 1.12. The lowest BCUT2D eigenvalue weighted by atomic mass is 9.88. The third-order valence-corrected chi connectivity index (χ3v) is 7.71. The molecule has 1 amide bonds. The number of hydrogen-bond acceptors (Lipinski definition) is 6. The summed E-state index contributed by atoms with van der Waals surface area (Å²) >= 11 is 0. The molecule has 2 aliphatic heterocycles. The maximum absolute atomic E-state index is 15.1. The minimum Gasteiger partial charge on any atom is -0.495 e. The number of benzene rings is 2. The fourth-order valence-corrected chi connectivity index (χ4v) is 5.37. The Morgan fingerprint density at radius 2 is 1.78 bits per heavy atom. The van der Waals surface area contributed by atoms with Crippen LogP contribution in [0.1, 0.15) is 31.2 Å². The van der Waals surface area contributed by atoms with Crippen LogP contribution in [0.25, 0.3) is 22.0 Å². The normalized spacial score (nSPS) is 19.9. The van der Waals surface area contributed by atoms with Crippen LogP contribution < -0.4 is 4.74 Å². The Hall–Kier alpha value is -3.59. The number of methoxy groups -OCH3 is 1. The van der Waals surface area contributed by atoms with E-state index in [1.165, 1.54) is 12.1 Å². The zero-order chi connectivity index (χ0) is 25.7. The molecule has 37 heavy (non-hydrogen) atoms. The second-order valence-corrected chi connectivity index (χ2v) is 10.2. The quantitative estimate of drug-likeness (QED) is 0.383. The number of pyridine rings is 1. The van der Waals surface area contributed by atoms with Gasteiger partial charge in [-0.25, -0.2) is 13.6 Å². The van der Waals surface area contributed by atoms with Gasteiger partial charge >= 0.3 is 11.9 Å². The first-order valence-corrected chi connectivity index (χ1v) is 12.5. The Kier molecular flexibility index (Phi) is 5.82. The Morgan fingerprint density at radius 3 is 2.46 bits per heavy atom. The summed E-state index contributed by atoms with van der Waals surface area (Å²) in [6.07, 6.45) is 4.48. The fraction of sp³-hybridized carbons (Fsp3) is 0.393. The van der Waals surface area contributed by atoms with Crippen molar-refractivity contribution in [1.82, 2.24) is 14.8 Å². The van der Waals surface area contributed by atoms with Crippen molar-refractivity contribution in [2.75, 3.05) is 26.7 Å². The molecule has 1 aliphatic carbocycles. The molecule has 9 heteroatoms. The molecule has 0 bridgehead atoms. The minimum absolute atomic E-state index is 0.0128. The molecule has 6 rings (SSSR count). The number of ether oxygens (including phenoxy) is 2. The fourth-order valence-electron chi connectivity index (χ4n) is 5.37.